The van der Waals surface area contributed by atoms with Gasteiger partial charge in [-0.3, -0.25) is 4.79 Å². The first-order valence-corrected chi connectivity index (χ1v) is 10.0. The second-order valence-electron chi connectivity index (χ2n) is 8.26. The fourth-order valence-electron chi connectivity index (χ4n) is 3.62. The number of carbonyl (C=O) groups is 2. The van der Waals surface area contributed by atoms with E-state index in [9.17, 15) is 9.59 Å². The largest absolute Gasteiger partial charge is 0.447 e. The number of esters is 2. The lowest BCUT2D eigenvalue weighted by atomic mass is 9.82. The van der Waals surface area contributed by atoms with Crippen molar-refractivity contribution in [1.82, 2.24) is 0 Å². The first-order chi connectivity index (χ1) is 12.7. The van der Waals surface area contributed by atoms with Gasteiger partial charge in [-0.05, 0) is 64.5 Å². The Kier molecular flexibility index (Phi) is 5.40. The van der Waals surface area contributed by atoms with Gasteiger partial charge < -0.3 is 9.47 Å². The quantitative estimate of drug-likeness (QED) is 0.628. The van der Waals surface area contributed by atoms with Crippen LogP contribution in [0.3, 0.4) is 0 Å². The second-order valence-corrected chi connectivity index (χ2v) is 8.67. The van der Waals surface area contributed by atoms with E-state index in [2.05, 4.69) is 0 Å². The summed E-state index contributed by atoms with van der Waals surface area (Å²) in [5, 5.41) is 0.457. The van der Waals surface area contributed by atoms with Crippen molar-refractivity contribution in [3.8, 4) is 0 Å². The Morgan fingerprint density at radius 1 is 1.26 bits per heavy atom. The van der Waals surface area contributed by atoms with Gasteiger partial charge in [0.15, 0.2) is 11.4 Å². The molecule has 0 saturated heterocycles. The van der Waals surface area contributed by atoms with Gasteiger partial charge in [-0.25, -0.2) is 4.79 Å². The van der Waals surface area contributed by atoms with E-state index < -0.39 is 17.0 Å². The molecule has 1 aromatic rings. The average molecular weight is 391 g/mol. The van der Waals surface area contributed by atoms with Crippen LogP contribution in [0, 0.1) is 12.3 Å². The number of rotatable bonds is 4. The summed E-state index contributed by atoms with van der Waals surface area (Å²) in [5.74, 6) is -0.451. The zero-order chi connectivity index (χ0) is 19.8. The summed E-state index contributed by atoms with van der Waals surface area (Å²) in [6.07, 6.45) is 4.92. The predicted octanol–water partition coefficient (Wildman–Crippen LogP) is 5.60. The predicted molar refractivity (Wildman–Crippen MR) is 105 cm³/mol. The number of hydrogen-bond donors (Lipinski definition) is 0. The molecule has 2 aliphatic rings. The van der Waals surface area contributed by atoms with E-state index >= 15 is 0 Å². The fourth-order valence-corrected chi connectivity index (χ4v) is 3.95. The lowest BCUT2D eigenvalue weighted by Gasteiger charge is -2.34. The maximum absolute atomic E-state index is 12.9. The summed E-state index contributed by atoms with van der Waals surface area (Å²) in [4.78, 5) is 25.7. The number of aryl methyl sites for hydroxylation is 1. The first-order valence-electron chi connectivity index (χ1n) is 9.67. The molecule has 0 aromatic heterocycles. The molecule has 1 aliphatic heterocycles. The van der Waals surface area contributed by atoms with Gasteiger partial charge in [-0.2, -0.15) is 0 Å². The van der Waals surface area contributed by atoms with Crippen LogP contribution in [-0.2, 0) is 19.1 Å². The molecule has 1 heterocycles. The van der Waals surface area contributed by atoms with Crippen molar-refractivity contribution in [2.24, 2.45) is 5.41 Å². The SMILES string of the molecule is CCC(C)(C)C(=O)OC1=C(c2ccc(C)cc2Cl)C(=O)OC12CCCCC2. The smallest absolute Gasteiger partial charge is 0.343 e. The standard InChI is InChI=1S/C22H27ClO4/c1-5-21(3,4)20(25)26-18-17(15-10-9-14(2)13-16(15)23)19(24)27-22(18)11-7-6-8-12-22/h9-10,13H,5-8,11-12H2,1-4H3. The van der Waals surface area contributed by atoms with Crippen LogP contribution in [0.15, 0.2) is 24.0 Å². The maximum Gasteiger partial charge on any atom is 0.343 e. The minimum Gasteiger partial charge on any atom is -0.447 e. The van der Waals surface area contributed by atoms with Gasteiger partial charge in [0.25, 0.3) is 0 Å². The molecule has 1 spiro atoms. The van der Waals surface area contributed by atoms with Crippen LogP contribution < -0.4 is 0 Å². The fraction of sp³-hybridized carbons (Fsp3) is 0.545. The Labute approximate surface area is 165 Å². The van der Waals surface area contributed by atoms with E-state index in [4.69, 9.17) is 21.1 Å². The third kappa shape index (κ3) is 3.64. The molecule has 1 aromatic carbocycles. The van der Waals surface area contributed by atoms with Crippen molar-refractivity contribution in [2.75, 3.05) is 0 Å². The van der Waals surface area contributed by atoms with Crippen LogP contribution in [0.25, 0.3) is 5.57 Å². The summed E-state index contributed by atoms with van der Waals surface area (Å²) in [7, 11) is 0. The second kappa shape index (κ2) is 7.31. The normalized spacial score (nSPS) is 19.4. The molecule has 0 unspecified atom stereocenters. The van der Waals surface area contributed by atoms with Crippen LogP contribution in [0.2, 0.25) is 5.02 Å². The van der Waals surface area contributed by atoms with Crippen LogP contribution >= 0.6 is 11.6 Å². The van der Waals surface area contributed by atoms with Crippen molar-refractivity contribution in [2.45, 2.75) is 71.8 Å². The molecule has 5 heteroatoms. The van der Waals surface area contributed by atoms with E-state index in [1.54, 1.807) is 12.1 Å². The Morgan fingerprint density at radius 2 is 1.93 bits per heavy atom. The summed E-state index contributed by atoms with van der Waals surface area (Å²) in [6, 6.07) is 5.50. The van der Waals surface area contributed by atoms with Crippen molar-refractivity contribution in [3.63, 3.8) is 0 Å². The third-order valence-electron chi connectivity index (χ3n) is 5.82. The minimum absolute atomic E-state index is 0.294. The molecule has 4 nitrogen and oxygen atoms in total. The molecule has 1 fully saturated rings. The Hall–Kier alpha value is -1.81. The summed E-state index contributed by atoms with van der Waals surface area (Å²) in [6.45, 7) is 7.57. The van der Waals surface area contributed by atoms with Gasteiger partial charge in [0.05, 0.1) is 5.41 Å². The first kappa shape index (κ1) is 19.9. The Bertz CT molecular complexity index is 801. The molecular weight excluding hydrogens is 364 g/mol. The highest BCUT2D eigenvalue weighted by Gasteiger charge is 2.52. The molecule has 0 bridgehead atoms. The zero-order valence-electron chi connectivity index (χ0n) is 16.5. The molecule has 1 saturated carbocycles. The molecule has 0 N–H and O–H groups in total. The topological polar surface area (TPSA) is 52.6 Å². The molecule has 3 rings (SSSR count). The van der Waals surface area contributed by atoms with Crippen molar-refractivity contribution >= 4 is 29.1 Å². The van der Waals surface area contributed by atoms with E-state index in [1.165, 1.54) is 0 Å². The van der Waals surface area contributed by atoms with E-state index in [-0.39, 0.29) is 5.97 Å². The van der Waals surface area contributed by atoms with Crippen LogP contribution in [-0.4, -0.2) is 17.5 Å². The van der Waals surface area contributed by atoms with Gasteiger partial charge in [0.1, 0.15) is 5.57 Å². The minimum atomic E-state index is -0.849. The molecular formula is C22H27ClO4. The highest BCUT2D eigenvalue weighted by molar-refractivity contribution is 6.35. The van der Waals surface area contributed by atoms with Gasteiger partial charge in [-0.15, -0.1) is 0 Å². The van der Waals surface area contributed by atoms with Crippen molar-refractivity contribution in [1.29, 1.82) is 0 Å². The third-order valence-corrected chi connectivity index (χ3v) is 6.13. The number of ether oxygens (including phenoxy) is 2. The lowest BCUT2D eigenvalue weighted by molar-refractivity contribution is -0.160. The average Bonchev–Trinajstić information content (AvgIpc) is 2.87. The van der Waals surface area contributed by atoms with Gasteiger partial charge in [-0.1, -0.05) is 37.1 Å². The van der Waals surface area contributed by atoms with Crippen LogP contribution in [0.4, 0.5) is 0 Å². The molecule has 0 atom stereocenters. The molecule has 27 heavy (non-hydrogen) atoms. The summed E-state index contributed by atoms with van der Waals surface area (Å²) >= 11 is 6.44. The molecule has 0 amide bonds. The zero-order valence-corrected chi connectivity index (χ0v) is 17.2. The number of benzene rings is 1. The maximum atomic E-state index is 12.9. The number of hydrogen-bond acceptors (Lipinski definition) is 4. The van der Waals surface area contributed by atoms with Gasteiger partial charge in [0.2, 0.25) is 0 Å². The Morgan fingerprint density at radius 3 is 2.52 bits per heavy atom. The number of halogens is 1. The van der Waals surface area contributed by atoms with E-state index in [1.807, 2.05) is 33.8 Å². The van der Waals surface area contributed by atoms with Crippen LogP contribution in [0.1, 0.15) is 70.4 Å². The summed E-state index contributed by atoms with van der Waals surface area (Å²) in [5.41, 5.74) is 0.359. The molecule has 0 radical (unpaired) electrons. The van der Waals surface area contributed by atoms with Crippen LogP contribution in [0.5, 0.6) is 0 Å². The molecule has 146 valence electrons. The monoisotopic (exact) mass is 390 g/mol. The number of carbonyl (C=O) groups excluding carboxylic acids is 2. The highest BCUT2D eigenvalue weighted by Crippen LogP contribution is 2.48. The van der Waals surface area contributed by atoms with Gasteiger partial charge >= 0.3 is 11.9 Å². The highest BCUT2D eigenvalue weighted by atomic mass is 35.5. The Balaban J connectivity index is 2.14. The van der Waals surface area contributed by atoms with Crippen molar-refractivity contribution < 1.29 is 19.1 Å². The summed E-state index contributed by atoms with van der Waals surface area (Å²) < 4.78 is 11.8. The lowest BCUT2D eigenvalue weighted by Crippen LogP contribution is -2.38. The van der Waals surface area contributed by atoms with Crippen molar-refractivity contribution in [3.05, 3.63) is 40.1 Å². The van der Waals surface area contributed by atoms with E-state index in [0.717, 1.165) is 24.8 Å². The van der Waals surface area contributed by atoms with E-state index in [0.29, 0.717) is 41.2 Å². The van der Waals surface area contributed by atoms with Gasteiger partial charge in [0, 0.05) is 10.6 Å². The molecule has 1 aliphatic carbocycles.